The van der Waals surface area contributed by atoms with E-state index in [4.69, 9.17) is 27.9 Å². The second kappa shape index (κ2) is 9.47. The van der Waals surface area contributed by atoms with Crippen LogP contribution in [-0.4, -0.2) is 18.7 Å². The van der Waals surface area contributed by atoms with Crippen LogP contribution in [0.2, 0.25) is 10.0 Å². The number of hydrogen-bond donors (Lipinski definition) is 1. The van der Waals surface area contributed by atoms with Gasteiger partial charge < -0.3 is 4.74 Å². The highest BCUT2D eigenvalue weighted by molar-refractivity contribution is 9.12. The quantitative estimate of drug-likeness (QED) is 0.525. The van der Waals surface area contributed by atoms with Gasteiger partial charge in [0.1, 0.15) is 5.75 Å². The van der Waals surface area contributed by atoms with Crippen LogP contribution >= 0.6 is 39.1 Å². The van der Waals surface area contributed by atoms with Crippen molar-refractivity contribution in [3.63, 3.8) is 0 Å². The first-order chi connectivity index (χ1) is 11.5. The lowest BCUT2D eigenvalue weighted by Crippen LogP contribution is -2.24. The summed E-state index contributed by atoms with van der Waals surface area (Å²) in [4.78, 5) is 11.7. The minimum atomic E-state index is -0.405. The van der Waals surface area contributed by atoms with Gasteiger partial charge in [0, 0.05) is 9.51 Å². The molecule has 124 valence electrons. The van der Waals surface area contributed by atoms with Crippen LogP contribution in [0.15, 0.2) is 58.1 Å². The summed E-state index contributed by atoms with van der Waals surface area (Å²) in [5, 5.41) is 4.68. The van der Waals surface area contributed by atoms with E-state index in [-0.39, 0.29) is 6.61 Å². The molecule has 7 heteroatoms. The standard InChI is InChI=1S/C17H13BrCl2N2O2/c18-13(8-12-4-2-1-3-5-12)10-21-22-17(23)11-24-16-7-6-14(19)9-15(16)20/h1-10H,11H2,(H,22,23)/b13-8-,21-10-. The number of carbonyl (C=O) groups excluding carboxylic acids is 1. The predicted octanol–water partition coefficient (Wildman–Crippen LogP) is 4.91. The fraction of sp³-hybridized carbons (Fsp3) is 0.0588. The summed E-state index contributed by atoms with van der Waals surface area (Å²) in [5.74, 6) is -0.0253. The average Bonchev–Trinajstić information content (AvgIpc) is 2.55. The Morgan fingerprint density at radius 3 is 2.67 bits per heavy atom. The number of allylic oxidation sites excluding steroid dienone is 1. The zero-order chi connectivity index (χ0) is 17.4. The number of carbonyl (C=O) groups is 1. The lowest BCUT2D eigenvalue weighted by atomic mass is 10.2. The van der Waals surface area contributed by atoms with Crippen molar-refractivity contribution < 1.29 is 9.53 Å². The number of rotatable bonds is 6. The van der Waals surface area contributed by atoms with Gasteiger partial charge in [-0.1, -0.05) is 53.5 Å². The van der Waals surface area contributed by atoms with E-state index in [0.717, 1.165) is 10.0 Å². The number of hydrogen-bond acceptors (Lipinski definition) is 3. The minimum absolute atomic E-state index is 0.210. The van der Waals surface area contributed by atoms with Crippen molar-refractivity contribution >= 4 is 57.3 Å². The number of nitrogens with zero attached hydrogens (tertiary/aromatic N) is 1. The Balaban J connectivity index is 1.81. The van der Waals surface area contributed by atoms with Gasteiger partial charge in [0.05, 0.1) is 11.2 Å². The summed E-state index contributed by atoms with van der Waals surface area (Å²) >= 11 is 15.1. The molecule has 0 heterocycles. The first kappa shape index (κ1) is 18.5. The molecule has 0 saturated heterocycles. The molecule has 1 amide bonds. The van der Waals surface area contributed by atoms with Crippen molar-refractivity contribution in [2.75, 3.05) is 6.61 Å². The smallest absolute Gasteiger partial charge is 0.277 e. The minimum Gasteiger partial charge on any atom is -0.482 e. The lowest BCUT2D eigenvalue weighted by Gasteiger charge is -2.06. The van der Waals surface area contributed by atoms with Crippen LogP contribution in [0, 0.1) is 0 Å². The first-order valence-corrected chi connectivity index (χ1v) is 8.41. The van der Waals surface area contributed by atoms with E-state index in [1.165, 1.54) is 6.21 Å². The van der Waals surface area contributed by atoms with Crippen molar-refractivity contribution in [3.05, 3.63) is 68.6 Å². The molecular formula is C17H13BrCl2N2O2. The maximum Gasteiger partial charge on any atom is 0.277 e. The van der Waals surface area contributed by atoms with Crippen molar-refractivity contribution in [2.24, 2.45) is 5.10 Å². The molecule has 0 unspecified atom stereocenters. The van der Waals surface area contributed by atoms with E-state index in [2.05, 4.69) is 26.5 Å². The second-order valence-corrected chi connectivity index (χ2v) is 6.36. The molecular weight excluding hydrogens is 415 g/mol. The Morgan fingerprint density at radius 2 is 1.96 bits per heavy atom. The fourth-order valence-corrected chi connectivity index (χ4v) is 2.51. The highest BCUT2D eigenvalue weighted by Crippen LogP contribution is 2.27. The average molecular weight is 428 g/mol. The Kier molecular flexibility index (Phi) is 7.31. The Morgan fingerprint density at radius 1 is 1.21 bits per heavy atom. The van der Waals surface area contributed by atoms with Crippen LogP contribution < -0.4 is 10.2 Å². The van der Waals surface area contributed by atoms with Gasteiger partial charge in [-0.15, -0.1) is 0 Å². The van der Waals surface area contributed by atoms with E-state index in [9.17, 15) is 4.79 Å². The van der Waals surface area contributed by atoms with Gasteiger partial charge in [0.2, 0.25) is 0 Å². The van der Waals surface area contributed by atoms with Crippen molar-refractivity contribution in [1.29, 1.82) is 0 Å². The maximum atomic E-state index is 11.7. The zero-order valence-electron chi connectivity index (χ0n) is 12.4. The summed E-state index contributed by atoms with van der Waals surface area (Å²) in [5.41, 5.74) is 3.38. The molecule has 0 aliphatic heterocycles. The largest absolute Gasteiger partial charge is 0.482 e. The molecule has 24 heavy (non-hydrogen) atoms. The number of ether oxygens (including phenoxy) is 1. The molecule has 0 radical (unpaired) electrons. The van der Waals surface area contributed by atoms with Gasteiger partial charge in [-0.05, 0) is 45.8 Å². The molecule has 1 N–H and O–H groups in total. The Hall–Kier alpha value is -1.82. The van der Waals surface area contributed by atoms with E-state index in [1.807, 2.05) is 36.4 Å². The van der Waals surface area contributed by atoms with Gasteiger partial charge in [-0.25, -0.2) is 5.43 Å². The normalized spacial score (nSPS) is 11.5. The molecule has 0 saturated carbocycles. The molecule has 0 atom stereocenters. The molecule has 0 aromatic heterocycles. The van der Waals surface area contributed by atoms with Crippen LogP contribution in [0.4, 0.5) is 0 Å². The van der Waals surface area contributed by atoms with Crippen LogP contribution in [-0.2, 0) is 4.79 Å². The number of hydrazone groups is 1. The number of benzene rings is 2. The van der Waals surface area contributed by atoms with Gasteiger partial charge in [0.15, 0.2) is 6.61 Å². The van der Waals surface area contributed by atoms with Crippen molar-refractivity contribution in [1.82, 2.24) is 5.43 Å². The fourth-order valence-electron chi connectivity index (χ4n) is 1.68. The van der Waals surface area contributed by atoms with Crippen LogP contribution in [0.5, 0.6) is 5.75 Å². The van der Waals surface area contributed by atoms with Gasteiger partial charge >= 0.3 is 0 Å². The molecule has 0 fully saturated rings. The van der Waals surface area contributed by atoms with Crippen LogP contribution in [0.25, 0.3) is 6.08 Å². The molecule has 2 rings (SSSR count). The first-order valence-electron chi connectivity index (χ1n) is 6.86. The number of amides is 1. The summed E-state index contributed by atoms with van der Waals surface area (Å²) in [6, 6.07) is 14.5. The maximum absolute atomic E-state index is 11.7. The van der Waals surface area contributed by atoms with Crippen LogP contribution in [0.3, 0.4) is 0 Å². The zero-order valence-corrected chi connectivity index (χ0v) is 15.5. The van der Waals surface area contributed by atoms with E-state index in [1.54, 1.807) is 18.2 Å². The summed E-state index contributed by atoms with van der Waals surface area (Å²) in [6.45, 7) is -0.210. The highest BCUT2D eigenvalue weighted by atomic mass is 79.9. The van der Waals surface area contributed by atoms with Gasteiger partial charge in [0.25, 0.3) is 5.91 Å². The predicted molar refractivity (Wildman–Crippen MR) is 102 cm³/mol. The lowest BCUT2D eigenvalue weighted by molar-refractivity contribution is -0.123. The van der Waals surface area contributed by atoms with E-state index < -0.39 is 5.91 Å². The number of nitrogens with one attached hydrogen (secondary N) is 1. The third kappa shape index (κ3) is 6.35. The molecule has 2 aromatic carbocycles. The third-order valence-corrected chi connectivity index (χ3v) is 3.70. The summed E-state index contributed by atoms with van der Waals surface area (Å²) in [7, 11) is 0. The molecule has 0 spiro atoms. The SMILES string of the molecule is O=C(COc1ccc(Cl)cc1Cl)N/N=C\C(Br)=C\c1ccccc1. The second-order valence-electron chi connectivity index (χ2n) is 4.60. The highest BCUT2D eigenvalue weighted by Gasteiger charge is 2.05. The van der Waals surface area contributed by atoms with Crippen molar-refractivity contribution in [2.45, 2.75) is 0 Å². The summed E-state index contributed by atoms with van der Waals surface area (Å²) in [6.07, 6.45) is 3.36. The summed E-state index contributed by atoms with van der Waals surface area (Å²) < 4.78 is 6.02. The number of halogens is 3. The van der Waals surface area contributed by atoms with Crippen LogP contribution in [0.1, 0.15) is 5.56 Å². The van der Waals surface area contributed by atoms with E-state index in [0.29, 0.717) is 15.8 Å². The third-order valence-electron chi connectivity index (χ3n) is 2.73. The van der Waals surface area contributed by atoms with Crippen molar-refractivity contribution in [3.8, 4) is 5.75 Å². The topological polar surface area (TPSA) is 50.7 Å². The molecule has 0 bridgehead atoms. The van der Waals surface area contributed by atoms with Gasteiger partial charge in [-0.2, -0.15) is 5.10 Å². The Bertz CT molecular complexity index is 764. The van der Waals surface area contributed by atoms with E-state index >= 15 is 0 Å². The molecule has 0 aliphatic carbocycles. The molecule has 2 aromatic rings. The molecule has 0 aliphatic rings. The van der Waals surface area contributed by atoms with Gasteiger partial charge in [-0.3, -0.25) is 4.79 Å². The molecule has 4 nitrogen and oxygen atoms in total. The monoisotopic (exact) mass is 426 g/mol. The Labute approximate surface area is 158 Å².